The number of pyridine rings is 1. The van der Waals surface area contributed by atoms with Crippen molar-refractivity contribution in [2.45, 2.75) is 5.03 Å². The number of aryl methyl sites for hydroxylation is 1. The van der Waals surface area contributed by atoms with Crippen LogP contribution in [0.25, 0.3) is 0 Å². The standard InChI is InChI=1S/C9H9BrN4O2S/c1-14-5-9(12-6-14)17(15,16)13-7-2-3-8(10)11-4-7/h2-6,13H,1H3. The molecule has 0 saturated carbocycles. The molecule has 90 valence electrons. The normalized spacial score (nSPS) is 11.4. The molecule has 0 aliphatic carbocycles. The summed E-state index contributed by atoms with van der Waals surface area (Å²) in [6.07, 6.45) is 4.27. The Morgan fingerprint density at radius 2 is 2.12 bits per heavy atom. The van der Waals surface area contributed by atoms with Gasteiger partial charge in [0.25, 0.3) is 10.0 Å². The molecule has 2 aromatic rings. The number of hydrogen-bond acceptors (Lipinski definition) is 4. The first-order valence-corrected chi connectivity index (χ1v) is 6.87. The highest BCUT2D eigenvalue weighted by Crippen LogP contribution is 2.15. The van der Waals surface area contributed by atoms with Gasteiger partial charge in [-0.3, -0.25) is 4.72 Å². The first-order chi connectivity index (χ1) is 7.97. The molecule has 2 rings (SSSR count). The molecular weight excluding hydrogens is 308 g/mol. The Kier molecular flexibility index (Phi) is 3.16. The van der Waals surface area contributed by atoms with Gasteiger partial charge in [-0.2, -0.15) is 8.42 Å². The van der Waals surface area contributed by atoms with Crippen molar-refractivity contribution in [3.8, 4) is 0 Å². The molecule has 0 aliphatic rings. The summed E-state index contributed by atoms with van der Waals surface area (Å²) in [6.45, 7) is 0. The van der Waals surface area contributed by atoms with Crippen molar-refractivity contribution >= 4 is 31.6 Å². The van der Waals surface area contributed by atoms with E-state index >= 15 is 0 Å². The topological polar surface area (TPSA) is 76.9 Å². The lowest BCUT2D eigenvalue weighted by Gasteiger charge is -2.04. The summed E-state index contributed by atoms with van der Waals surface area (Å²) >= 11 is 3.17. The highest BCUT2D eigenvalue weighted by atomic mass is 79.9. The van der Waals surface area contributed by atoms with Crippen LogP contribution in [0.1, 0.15) is 0 Å². The van der Waals surface area contributed by atoms with Gasteiger partial charge in [0, 0.05) is 13.2 Å². The number of halogens is 1. The Hall–Kier alpha value is -1.41. The highest BCUT2D eigenvalue weighted by Gasteiger charge is 2.16. The lowest BCUT2D eigenvalue weighted by molar-refractivity contribution is 0.598. The van der Waals surface area contributed by atoms with Crippen molar-refractivity contribution < 1.29 is 8.42 Å². The van der Waals surface area contributed by atoms with Crippen molar-refractivity contribution in [2.75, 3.05) is 4.72 Å². The van der Waals surface area contributed by atoms with Gasteiger partial charge < -0.3 is 4.57 Å². The molecule has 0 bridgehead atoms. The molecule has 0 aliphatic heterocycles. The number of nitrogens with one attached hydrogen (secondary N) is 1. The van der Waals surface area contributed by atoms with Crippen LogP contribution >= 0.6 is 15.9 Å². The summed E-state index contributed by atoms with van der Waals surface area (Å²) in [7, 11) is -1.94. The molecule has 0 radical (unpaired) electrons. The zero-order valence-electron chi connectivity index (χ0n) is 8.83. The van der Waals surface area contributed by atoms with Gasteiger partial charge in [0.15, 0.2) is 5.03 Å². The van der Waals surface area contributed by atoms with Gasteiger partial charge in [-0.05, 0) is 28.1 Å². The third-order valence-corrected chi connectivity index (χ3v) is 3.67. The Morgan fingerprint density at radius 3 is 2.65 bits per heavy atom. The maximum absolute atomic E-state index is 11.9. The Balaban J connectivity index is 2.26. The number of aromatic nitrogens is 3. The van der Waals surface area contributed by atoms with Crippen LogP contribution < -0.4 is 4.72 Å². The average Bonchev–Trinajstić information content (AvgIpc) is 2.69. The summed E-state index contributed by atoms with van der Waals surface area (Å²) < 4.78 is 28.3. The van der Waals surface area contributed by atoms with E-state index in [9.17, 15) is 8.42 Å². The minimum atomic E-state index is -3.64. The van der Waals surface area contributed by atoms with Gasteiger partial charge in [-0.25, -0.2) is 9.97 Å². The van der Waals surface area contributed by atoms with Crippen molar-refractivity contribution in [3.63, 3.8) is 0 Å². The number of nitrogens with zero attached hydrogens (tertiary/aromatic N) is 3. The summed E-state index contributed by atoms with van der Waals surface area (Å²) in [5, 5.41) is -0.0251. The van der Waals surface area contributed by atoms with E-state index in [0.29, 0.717) is 10.3 Å². The Morgan fingerprint density at radius 1 is 1.35 bits per heavy atom. The van der Waals surface area contributed by atoms with Gasteiger partial charge in [0.2, 0.25) is 0 Å². The number of anilines is 1. The number of hydrogen-bond donors (Lipinski definition) is 1. The number of rotatable bonds is 3. The fourth-order valence-corrected chi connectivity index (χ4v) is 2.43. The van der Waals surface area contributed by atoms with Crippen molar-refractivity contribution in [3.05, 3.63) is 35.5 Å². The third-order valence-electron chi connectivity index (χ3n) is 1.94. The molecule has 0 saturated heterocycles. The van der Waals surface area contributed by atoms with Crippen LogP contribution in [0.2, 0.25) is 0 Å². The first kappa shape index (κ1) is 12.1. The summed E-state index contributed by atoms with van der Waals surface area (Å²) in [6, 6.07) is 3.26. The van der Waals surface area contributed by atoms with Gasteiger partial charge in [-0.1, -0.05) is 0 Å². The van der Waals surface area contributed by atoms with Gasteiger partial charge in [-0.15, -0.1) is 0 Å². The van der Waals surface area contributed by atoms with Crippen LogP contribution in [0.4, 0.5) is 5.69 Å². The second-order valence-electron chi connectivity index (χ2n) is 3.35. The van der Waals surface area contributed by atoms with Gasteiger partial charge >= 0.3 is 0 Å². The maximum Gasteiger partial charge on any atom is 0.280 e. The minimum Gasteiger partial charge on any atom is -0.339 e. The van der Waals surface area contributed by atoms with E-state index in [2.05, 4.69) is 30.6 Å². The second kappa shape index (κ2) is 4.46. The lowest BCUT2D eigenvalue weighted by atomic mass is 10.4. The molecule has 0 amide bonds. The van der Waals surface area contributed by atoms with Crippen molar-refractivity contribution in [1.29, 1.82) is 0 Å². The smallest absolute Gasteiger partial charge is 0.280 e. The molecule has 0 atom stereocenters. The van der Waals surface area contributed by atoms with Crippen LogP contribution in [-0.4, -0.2) is 23.0 Å². The molecule has 6 nitrogen and oxygen atoms in total. The predicted octanol–water partition coefficient (Wildman–Crippen LogP) is 1.38. The second-order valence-corrected chi connectivity index (χ2v) is 5.79. The quantitative estimate of drug-likeness (QED) is 0.868. The van der Waals surface area contributed by atoms with Crippen LogP contribution in [0.15, 0.2) is 40.5 Å². The van der Waals surface area contributed by atoms with Crippen LogP contribution in [0.5, 0.6) is 0 Å². The van der Waals surface area contributed by atoms with Crippen molar-refractivity contribution in [2.24, 2.45) is 7.05 Å². The monoisotopic (exact) mass is 316 g/mol. The average molecular weight is 317 g/mol. The minimum absolute atomic E-state index is 0.0251. The van der Waals surface area contributed by atoms with E-state index in [1.54, 1.807) is 23.7 Å². The Labute approximate surface area is 107 Å². The fraction of sp³-hybridized carbons (Fsp3) is 0.111. The zero-order chi connectivity index (χ0) is 12.5. The van der Waals surface area contributed by atoms with E-state index in [4.69, 9.17) is 0 Å². The maximum atomic E-state index is 11.9. The molecule has 0 aromatic carbocycles. The van der Waals surface area contributed by atoms with E-state index in [1.807, 2.05) is 0 Å². The van der Waals surface area contributed by atoms with Crippen molar-refractivity contribution in [1.82, 2.24) is 14.5 Å². The molecule has 0 spiro atoms. The lowest BCUT2D eigenvalue weighted by Crippen LogP contribution is -2.13. The third kappa shape index (κ3) is 2.83. The summed E-state index contributed by atoms with van der Waals surface area (Å²) in [4.78, 5) is 7.71. The molecular formula is C9H9BrN4O2S. The predicted molar refractivity (Wildman–Crippen MR) is 66.0 cm³/mol. The molecule has 8 heteroatoms. The number of sulfonamides is 1. The molecule has 17 heavy (non-hydrogen) atoms. The highest BCUT2D eigenvalue weighted by molar-refractivity contribution is 9.10. The van der Waals surface area contributed by atoms with Crippen LogP contribution in [-0.2, 0) is 17.1 Å². The van der Waals surface area contributed by atoms with E-state index in [1.165, 1.54) is 18.7 Å². The van der Waals surface area contributed by atoms with Crippen LogP contribution in [0, 0.1) is 0 Å². The summed E-state index contributed by atoms with van der Waals surface area (Å²) in [5.41, 5.74) is 0.388. The van der Waals surface area contributed by atoms with E-state index in [-0.39, 0.29) is 5.03 Å². The SMILES string of the molecule is Cn1cnc(S(=O)(=O)Nc2ccc(Br)nc2)c1. The first-order valence-electron chi connectivity index (χ1n) is 4.60. The largest absolute Gasteiger partial charge is 0.339 e. The Bertz CT molecular complexity index is 621. The van der Waals surface area contributed by atoms with E-state index in [0.717, 1.165) is 0 Å². The fourth-order valence-electron chi connectivity index (χ4n) is 1.17. The number of imidazole rings is 1. The zero-order valence-corrected chi connectivity index (χ0v) is 11.2. The molecule has 0 fully saturated rings. The van der Waals surface area contributed by atoms with Crippen LogP contribution in [0.3, 0.4) is 0 Å². The summed E-state index contributed by atoms with van der Waals surface area (Å²) in [5.74, 6) is 0. The molecule has 2 aromatic heterocycles. The molecule has 2 heterocycles. The molecule has 1 N–H and O–H groups in total. The van der Waals surface area contributed by atoms with E-state index < -0.39 is 10.0 Å². The molecule has 0 unspecified atom stereocenters. The van der Waals surface area contributed by atoms with Gasteiger partial charge in [0.05, 0.1) is 18.2 Å². The van der Waals surface area contributed by atoms with Gasteiger partial charge in [0.1, 0.15) is 4.60 Å².